The molecule has 1 saturated heterocycles. The van der Waals surface area contributed by atoms with Crippen molar-refractivity contribution in [3.8, 4) is 11.1 Å². The number of anilines is 3. The molecule has 0 spiro atoms. The van der Waals surface area contributed by atoms with Crippen molar-refractivity contribution in [2.75, 3.05) is 42.7 Å². The van der Waals surface area contributed by atoms with Gasteiger partial charge in [-0.3, -0.25) is 10.2 Å². The van der Waals surface area contributed by atoms with E-state index < -0.39 is 29.4 Å². The summed E-state index contributed by atoms with van der Waals surface area (Å²) in [5.41, 5.74) is 7.05. The molecule has 0 radical (unpaired) electrons. The SMILES string of the molecule is Nc1ncnn2c(CN3CCOCC3)cc(-c3ccc(NC(=O)Nc4cc(C(F)(F)F)cc[n+]4[O-])c(F)c3)c12. The summed E-state index contributed by atoms with van der Waals surface area (Å²) in [5, 5.41) is 20.3. The Morgan fingerprint density at radius 3 is 2.64 bits per heavy atom. The zero-order chi connectivity index (χ0) is 27.7. The van der Waals surface area contributed by atoms with Gasteiger partial charge >= 0.3 is 12.2 Å². The number of morpholine rings is 1. The van der Waals surface area contributed by atoms with Gasteiger partial charge in [-0.1, -0.05) is 6.07 Å². The number of carbonyl (C=O) groups excluding carboxylic acids is 1. The topological polar surface area (TPSA) is 137 Å². The highest BCUT2D eigenvalue weighted by Gasteiger charge is 2.32. The molecule has 0 unspecified atom stereocenters. The van der Waals surface area contributed by atoms with Crippen molar-refractivity contribution in [1.82, 2.24) is 19.5 Å². The number of carbonyl (C=O) groups is 1. The summed E-state index contributed by atoms with van der Waals surface area (Å²) in [4.78, 5) is 18.6. The number of nitrogens with two attached hydrogens (primary N) is 1. The summed E-state index contributed by atoms with van der Waals surface area (Å²) in [7, 11) is 0. The number of urea groups is 1. The highest BCUT2D eigenvalue weighted by Crippen LogP contribution is 2.33. The highest BCUT2D eigenvalue weighted by atomic mass is 19.4. The first-order valence-corrected chi connectivity index (χ1v) is 11.7. The van der Waals surface area contributed by atoms with Crippen LogP contribution in [0.2, 0.25) is 0 Å². The number of hydrogen-bond acceptors (Lipinski definition) is 7. The predicted molar refractivity (Wildman–Crippen MR) is 132 cm³/mol. The molecule has 1 aliphatic heterocycles. The van der Waals surface area contributed by atoms with Crippen LogP contribution in [0.3, 0.4) is 0 Å². The Labute approximate surface area is 218 Å². The lowest BCUT2D eigenvalue weighted by Crippen LogP contribution is -2.36. The number of ether oxygens (including phenoxy) is 1. The fraction of sp³-hybridized carbons (Fsp3) is 0.250. The Kier molecular flexibility index (Phi) is 6.93. The number of hydrogen-bond donors (Lipinski definition) is 3. The zero-order valence-electron chi connectivity index (χ0n) is 20.2. The first-order chi connectivity index (χ1) is 18.6. The maximum atomic E-state index is 15.1. The molecule has 1 fully saturated rings. The van der Waals surface area contributed by atoms with Crippen molar-refractivity contribution in [1.29, 1.82) is 0 Å². The standard InChI is InChI=1S/C24H22F4N8O3/c25-18-9-14(1-2-19(18)32-23(37)33-20-10-15(24(26,27)28)3-4-35(20)38)17-11-16(12-34-5-7-39-8-6-34)36-21(17)22(29)30-13-31-36/h1-4,9-11,13H,5-8,12H2,(H2,29,30,31)(H2,32,33,37). The van der Waals surface area contributed by atoms with E-state index in [4.69, 9.17) is 10.5 Å². The second-order valence-corrected chi connectivity index (χ2v) is 8.74. The molecule has 2 amide bonds. The number of benzene rings is 1. The van der Waals surface area contributed by atoms with Crippen LogP contribution in [-0.2, 0) is 17.5 Å². The smallest absolute Gasteiger partial charge is 0.416 e. The van der Waals surface area contributed by atoms with E-state index in [-0.39, 0.29) is 16.2 Å². The van der Waals surface area contributed by atoms with Crippen molar-refractivity contribution in [2.45, 2.75) is 12.7 Å². The second kappa shape index (κ2) is 10.3. The third-order valence-electron chi connectivity index (χ3n) is 6.16. The molecule has 0 atom stereocenters. The third kappa shape index (κ3) is 5.53. The van der Waals surface area contributed by atoms with Gasteiger partial charge in [0.2, 0.25) is 0 Å². The van der Waals surface area contributed by atoms with Gasteiger partial charge in [-0.2, -0.15) is 23.6 Å². The van der Waals surface area contributed by atoms with Gasteiger partial charge in [0.15, 0.2) is 5.82 Å². The van der Waals surface area contributed by atoms with Crippen molar-refractivity contribution < 1.29 is 31.8 Å². The van der Waals surface area contributed by atoms with Crippen LogP contribution in [0.15, 0.2) is 48.9 Å². The van der Waals surface area contributed by atoms with E-state index in [9.17, 15) is 23.2 Å². The molecular weight excluding hydrogens is 524 g/mol. The van der Waals surface area contributed by atoms with Crippen molar-refractivity contribution in [3.63, 3.8) is 0 Å². The van der Waals surface area contributed by atoms with Crippen molar-refractivity contribution in [2.24, 2.45) is 0 Å². The molecule has 11 nitrogen and oxygen atoms in total. The number of nitrogens with zero attached hydrogens (tertiary/aromatic N) is 5. The van der Waals surface area contributed by atoms with Gasteiger partial charge in [0, 0.05) is 31.3 Å². The van der Waals surface area contributed by atoms with Crippen LogP contribution >= 0.6 is 0 Å². The van der Waals surface area contributed by atoms with Crippen LogP contribution < -0.4 is 21.1 Å². The average molecular weight is 546 g/mol. The number of nitrogens with one attached hydrogen (secondary N) is 2. The molecule has 0 bridgehead atoms. The summed E-state index contributed by atoms with van der Waals surface area (Å²) >= 11 is 0. The molecule has 15 heteroatoms. The van der Waals surface area contributed by atoms with E-state index in [1.54, 1.807) is 4.52 Å². The maximum Gasteiger partial charge on any atom is 0.416 e. The van der Waals surface area contributed by atoms with Gasteiger partial charge in [0.1, 0.15) is 17.7 Å². The van der Waals surface area contributed by atoms with E-state index in [1.807, 2.05) is 11.4 Å². The first-order valence-electron chi connectivity index (χ1n) is 11.7. The van der Waals surface area contributed by atoms with E-state index in [0.717, 1.165) is 18.8 Å². The monoisotopic (exact) mass is 546 g/mol. The summed E-state index contributed by atoms with van der Waals surface area (Å²) in [5.74, 6) is -1.31. The minimum atomic E-state index is -4.72. The van der Waals surface area contributed by atoms with E-state index >= 15 is 4.39 Å². The number of pyridine rings is 1. The molecule has 0 aliphatic carbocycles. The summed E-state index contributed by atoms with van der Waals surface area (Å²) in [6.07, 6.45) is -2.78. The molecule has 4 N–H and O–H groups in total. The van der Waals surface area contributed by atoms with E-state index in [1.165, 1.54) is 24.5 Å². The highest BCUT2D eigenvalue weighted by molar-refractivity contribution is 5.99. The lowest BCUT2D eigenvalue weighted by Gasteiger charge is -2.26. The number of halogens is 4. The molecule has 5 rings (SSSR count). The third-order valence-corrected chi connectivity index (χ3v) is 6.16. The molecule has 4 heterocycles. The molecule has 4 aromatic rings. The average Bonchev–Trinajstić information content (AvgIpc) is 3.26. The fourth-order valence-corrected chi connectivity index (χ4v) is 4.26. The summed E-state index contributed by atoms with van der Waals surface area (Å²) in [6, 6.07) is 5.78. The van der Waals surface area contributed by atoms with Crippen LogP contribution in [0, 0.1) is 11.0 Å². The quantitative estimate of drug-likeness (QED) is 0.199. The van der Waals surface area contributed by atoms with E-state index in [0.29, 0.717) is 54.7 Å². The Morgan fingerprint density at radius 2 is 1.92 bits per heavy atom. The molecule has 1 aromatic carbocycles. The molecule has 0 saturated carbocycles. The Hall–Kier alpha value is -4.50. The number of amides is 2. The number of nitrogen functional groups attached to an aromatic ring is 1. The van der Waals surface area contributed by atoms with Crippen LogP contribution in [-0.4, -0.2) is 51.8 Å². The predicted octanol–water partition coefficient (Wildman–Crippen LogP) is 3.25. The van der Waals surface area contributed by atoms with Gasteiger partial charge in [-0.25, -0.2) is 23.4 Å². The normalized spacial score (nSPS) is 14.5. The summed E-state index contributed by atoms with van der Waals surface area (Å²) in [6.45, 7) is 3.27. The van der Waals surface area contributed by atoms with Crippen molar-refractivity contribution in [3.05, 3.63) is 71.2 Å². The Balaban J connectivity index is 1.38. The fourth-order valence-electron chi connectivity index (χ4n) is 4.26. The molecule has 204 valence electrons. The molecular formula is C24H22F4N8O3. The largest absolute Gasteiger partial charge is 0.711 e. The number of fused-ring (bicyclic) bond motifs is 1. The molecule has 3 aromatic heterocycles. The lowest BCUT2D eigenvalue weighted by atomic mass is 10.1. The zero-order valence-corrected chi connectivity index (χ0v) is 20.2. The van der Waals surface area contributed by atoms with Gasteiger partial charge in [0.25, 0.3) is 5.82 Å². The van der Waals surface area contributed by atoms with Crippen molar-refractivity contribution >= 4 is 28.9 Å². The van der Waals surface area contributed by atoms with Gasteiger partial charge < -0.3 is 15.7 Å². The van der Waals surface area contributed by atoms with E-state index in [2.05, 4.69) is 20.3 Å². The number of rotatable bonds is 5. The number of alkyl halides is 3. The van der Waals surface area contributed by atoms with Crippen LogP contribution in [0.1, 0.15) is 11.3 Å². The minimum Gasteiger partial charge on any atom is -0.711 e. The summed E-state index contributed by atoms with van der Waals surface area (Å²) < 4.78 is 61.0. The van der Waals surface area contributed by atoms with Crippen LogP contribution in [0.4, 0.5) is 39.7 Å². The Morgan fingerprint density at radius 1 is 1.15 bits per heavy atom. The second-order valence-electron chi connectivity index (χ2n) is 8.74. The lowest BCUT2D eigenvalue weighted by molar-refractivity contribution is -0.590. The molecule has 39 heavy (non-hydrogen) atoms. The molecule has 1 aliphatic rings. The van der Waals surface area contributed by atoms with Gasteiger partial charge in [-0.15, -0.1) is 0 Å². The van der Waals surface area contributed by atoms with Gasteiger partial charge in [-0.05, 0) is 29.8 Å². The van der Waals surface area contributed by atoms with Crippen LogP contribution in [0.5, 0.6) is 0 Å². The number of aromatic nitrogens is 4. The van der Waals surface area contributed by atoms with Gasteiger partial charge in [0.05, 0.1) is 36.4 Å². The first kappa shape index (κ1) is 26.1. The maximum absolute atomic E-state index is 15.1. The Bertz CT molecular complexity index is 1540. The minimum absolute atomic E-state index is 0.0490. The van der Waals surface area contributed by atoms with Crippen LogP contribution in [0.25, 0.3) is 16.6 Å².